The van der Waals surface area contributed by atoms with Gasteiger partial charge in [0.05, 0.1) is 18.8 Å². The van der Waals surface area contributed by atoms with Crippen LogP contribution in [-0.4, -0.2) is 89.4 Å². The van der Waals surface area contributed by atoms with Crippen molar-refractivity contribution in [3.8, 4) is 11.8 Å². The third-order valence-corrected chi connectivity index (χ3v) is 6.26. The number of anilines is 3. The summed E-state index contributed by atoms with van der Waals surface area (Å²) >= 11 is 0. The van der Waals surface area contributed by atoms with Gasteiger partial charge in [-0.2, -0.15) is 5.26 Å². The first-order valence-corrected chi connectivity index (χ1v) is 11.9. The van der Waals surface area contributed by atoms with Crippen LogP contribution in [0.5, 0.6) is 5.75 Å². The van der Waals surface area contributed by atoms with Crippen molar-refractivity contribution < 1.29 is 19.4 Å². The Hall–Kier alpha value is -4.27. The zero-order chi connectivity index (χ0) is 25.5. The second kappa shape index (κ2) is 11.4. The van der Waals surface area contributed by atoms with E-state index < -0.39 is 6.09 Å². The van der Waals surface area contributed by atoms with E-state index in [0.717, 1.165) is 38.2 Å². The number of carboxylic acid groups (broad SMARTS) is 1. The molecule has 3 amide bonds. The summed E-state index contributed by atoms with van der Waals surface area (Å²) in [5.41, 5.74) is 0.912. The maximum absolute atomic E-state index is 12.5. The molecule has 0 unspecified atom stereocenters. The number of hydrogen-bond acceptors (Lipinski definition) is 8. The second-order valence-electron chi connectivity index (χ2n) is 8.76. The highest BCUT2D eigenvalue weighted by Crippen LogP contribution is 2.26. The number of hydrogen-bond donors (Lipinski definition) is 3. The summed E-state index contributed by atoms with van der Waals surface area (Å²) in [6.07, 6.45) is 3.01. The van der Waals surface area contributed by atoms with Gasteiger partial charge in [0.15, 0.2) is 11.5 Å². The molecule has 3 N–H and O–H groups in total. The van der Waals surface area contributed by atoms with Crippen molar-refractivity contribution in [3.63, 3.8) is 0 Å². The number of likely N-dealkylation sites (N-methyl/N-ethyl adjacent to an activating group) is 1. The molecule has 2 aliphatic heterocycles. The van der Waals surface area contributed by atoms with Crippen LogP contribution in [-0.2, 0) is 0 Å². The number of nitrogens with zero attached hydrogens (tertiary/aromatic N) is 6. The fraction of sp³-hybridized carbons (Fsp3) is 0.458. The summed E-state index contributed by atoms with van der Waals surface area (Å²) in [6.45, 7) is 3.67. The summed E-state index contributed by atoms with van der Waals surface area (Å²) in [5.74, 6) is 1.68. The zero-order valence-corrected chi connectivity index (χ0v) is 20.2. The molecule has 12 heteroatoms. The molecule has 2 saturated heterocycles. The van der Waals surface area contributed by atoms with Crippen molar-refractivity contribution in [1.29, 1.82) is 5.26 Å². The molecule has 0 spiro atoms. The van der Waals surface area contributed by atoms with Crippen molar-refractivity contribution >= 4 is 29.4 Å². The molecule has 0 bridgehead atoms. The van der Waals surface area contributed by atoms with Crippen LogP contribution >= 0.6 is 0 Å². The average Bonchev–Trinajstić information content (AvgIpc) is 3.22. The van der Waals surface area contributed by atoms with Gasteiger partial charge in [-0.15, -0.1) is 0 Å². The van der Waals surface area contributed by atoms with Crippen molar-refractivity contribution in [3.05, 3.63) is 36.2 Å². The molecule has 1 aromatic heterocycles. The predicted molar refractivity (Wildman–Crippen MR) is 133 cm³/mol. The molecule has 1 aromatic carbocycles. The van der Waals surface area contributed by atoms with Crippen LogP contribution in [0.25, 0.3) is 0 Å². The minimum Gasteiger partial charge on any atom is -0.494 e. The van der Waals surface area contributed by atoms with Crippen LogP contribution in [0.3, 0.4) is 0 Å². The van der Waals surface area contributed by atoms with Crippen molar-refractivity contribution in [2.24, 2.45) is 0 Å². The molecule has 36 heavy (non-hydrogen) atoms. The standard InChI is InChI=1S/C24H30N8O4/c1-30-11-12-32(24(30)35)18-4-2-10-31(16-18)21-15-27-20(14-25)22(29-21)28-17-5-7-19(8-6-17)36-13-3-9-26-23(33)34/h5-8,15,18,26H,2-4,9-13,16H2,1H3,(H,28,29)(H,33,34)/t18-/m0/s1. The lowest BCUT2D eigenvalue weighted by molar-refractivity contribution is 0.175. The van der Waals surface area contributed by atoms with E-state index in [-0.39, 0.29) is 17.8 Å². The Morgan fingerprint density at radius 3 is 2.78 bits per heavy atom. The SMILES string of the molecule is CN1CCN([C@H]2CCCN(c3cnc(C#N)c(Nc4ccc(OCCCNC(=O)O)cc4)n3)C2)C1=O. The molecule has 0 radical (unpaired) electrons. The van der Waals surface area contributed by atoms with E-state index in [1.807, 2.05) is 24.1 Å². The molecule has 2 fully saturated rings. The molecule has 190 valence electrons. The minimum absolute atomic E-state index is 0.0690. The fourth-order valence-electron chi connectivity index (χ4n) is 4.35. The van der Waals surface area contributed by atoms with Gasteiger partial charge in [0.25, 0.3) is 0 Å². The molecular formula is C24H30N8O4. The van der Waals surface area contributed by atoms with Gasteiger partial charge in [0, 0.05) is 45.5 Å². The van der Waals surface area contributed by atoms with Gasteiger partial charge in [-0.1, -0.05) is 0 Å². The number of ether oxygens (including phenoxy) is 1. The monoisotopic (exact) mass is 494 g/mol. The van der Waals surface area contributed by atoms with Crippen LogP contribution in [0.15, 0.2) is 30.5 Å². The summed E-state index contributed by atoms with van der Waals surface area (Å²) in [4.78, 5) is 37.7. The number of piperidine rings is 1. The fourth-order valence-corrected chi connectivity index (χ4v) is 4.35. The Morgan fingerprint density at radius 2 is 2.08 bits per heavy atom. The number of nitrogens with one attached hydrogen (secondary N) is 2. The number of carbonyl (C=O) groups is 2. The van der Waals surface area contributed by atoms with Crippen LogP contribution in [0, 0.1) is 11.3 Å². The summed E-state index contributed by atoms with van der Waals surface area (Å²) in [6, 6.07) is 9.47. The number of carbonyl (C=O) groups excluding carboxylic acids is 1. The molecule has 3 heterocycles. The van der Waals surface area contributed by atoms with Crippen molar-refractivity contribution in [2.45, 2.75) is 25.3 Å². The molecule has 2 aromatic rings. The maximum Gasteiger partial charge on any atom is 0.404 e. The topological polar surface area (TPSA) is 147 Å². The van der Waals surface area contributed by atoms with Gasteiger partial charge in [0.1, 0.15) is 17.6 Å². The summed E-state index contributed by atoms with van der Waals surface area (Å²) < 4.78 is 5.62. The molecular weight excluding hydrogens is 464 g/mol. The van der Waals surface area contributed by atoms with Gasteiger partial charge in [-0.25, -0.2) is 19.6 Å². The van der Waals surface area contributed by atoms with Gasteiger partial charge in [-0.3, -0.25) is 0 Å². The highest BCUT2D eigenvalue weighted by atomic mass is 16.5. The quantitative estimate of drug-likeness (QED) is 0.447. The normalized spacial score (nSPS) is 17.6. The van der Waals surface area contributed by atoms with E-state index in [4.69, 9.17) is 14.8 Å². The smallest absolute Gasteiger partial charge is 0.404 e. The van der Waals surface area contributed by atoms with Gasteiger partial charge >= 0.3 is 12.1 Å². The minimum atomic E-state index is -1.05. The molecule has 0 aliphatic carbocycles. The third kappa shape index (κ3) is 6.04. The molecule has 2 aliphatic rings. The first kappa shape index (κ1) is 24.8. The zero-order valence-electron chi connectivity index (χ0n) is 20.2. The van der Waals surface area contributed by atoms with Crippen molar-refractivity contribution in [1.82, 2.24) is 25.1 Å². The van der Waals surface area contributed by atoms with E-state index in [1.54, 1.807) is 23.2 Å². The number of aromatic nitrogens is 2. The van der Waals surface area contributed by atoms with Crippen LogP contribution in [0.2, 0.25) is 0 Å². The predicted octanol–water partition coefficient (Wildman–Crippen LogP) is 2.46. The number of rotatable bonds is 9. The van der Waals surface area contributed by atoms with Crippen LogP contribution in [0.1, 0.15) is 25.0 Å². The highest BCUT2D eigenvalue weighted by Gasteiger charge is 2.34. The Labute approximate surface area is 209 Å². The number of amides is 3. The molecule has 12 nitrogen and oxygen atoms in total. The maximum atomic E-state index is 12.5. The van der Waals surface area contributed by atoms with Gasteiger partial charge < -0.3 is 35.2 Å². The first-order valence-electron chi connectivity index (χ1n) is 11.9. The summed E-state index contributed by atoms with van der Waals surface area (Å²) in [7, 11) is 1.82. The number of benzene rings is 1. The van der Waals surface area contributed by atoms with Gasteiger partial charge in [-0.05, 0) is 43.5 Å². The largest absolute Gasteiger partial charge is 0.494 e. The van der Waals surface area contributed by atoms with Crippen LogP contribution in [0.4, 0.5) is 26.9 Å². The Kier molecular flexibility index (Phi) is 7.89. The van der Waals surface area contributed by atoms with E-state index in [1.165, 1.54) is 0 Å². The van der Waals surface area contributed by atoms with E-state index >= 15 is 0 Å². The van der Waals surface area contributed by atoms with E-state index in [2.05, 4.69) is 26.6 Å². The lowest BCUT2D eigenvalue weighted by atomic mass is 10.0. The van der Waals surface area contributed by atoms with Gasteiger partial charge in [0.2, 0.25) is 0 Å². The van der Waals surface area contributed by atoms with E-state index in [9.17, 15) is 14.9 Å². The number of nitriles is 1. The van der Waals surface area contributed by atoms with E-state index in [0.29, 0.717) is 43.5 Å². The Balaban J connectivity index is 1.39. The highest BCUT2D eigenvalue weighted by molar-refractivity contribution is 5.76. The molecule has 0 saturated carbocycles. The average molecular weight is 495 g/mol. The first-order chi connectivity index (χ1) is 17.4. The molecule has 1 atom stereocenters. The molecule has 4 rings (SSSR count). The Bertz CT molecular complexity index is 1120. The third-order valence-electron chi connectivity index (χ3n) is 6.26. The number of urea groups is 1. The summed E-state index contributed by atoms with van der Waals surface area (Å²) in [5, 5.41) is 23.6. The lowest BCUT2D eigenvalue weighted by Crippen LogP contribution is -2.49. The van der Waals surface area contributed by atoms with Crippen LogP contribution < -0.4 is 20.3 Å². The Morgan fingerprint density at radius 1 is 1.28 bits per heavy atom. The van der Waals surface area contributed by atoms with Crippen molar-refractivity contribution in [2.75, 3.05) is 56.6 Å². The lowest BCUT2D eigenvalue weighted by Gasteiger charge is -2.37. The second-order valence-corrected chi connectivity index (χ2v) is 8.76.